The van der Waals surface area contributed by atoms with E-state index in [1.807, 2.05) is 0 Å². The highest BCUT2D eigenvalue weighted by molar-refractivity contribution is 5.79. The lowest BCUT2D eigenvalue weighted by molar-refractivity contribution is -0.133. The van der Waals surface area contributed by atoms with Crippen LogP contribution in [0, 0.1) is 18.3 Å². The number of nitrogens with two attached hydrogens (primary N) is 1. The van der Waals surface area contributed by atoms with Crippen molar-refractivity contribution in [3.8, 4) is 12.3 Å². The van der Waals surface area contributed by atoms with Crippen LogP contribution >= 0.6 is 0 Å². The number of rotatable bonds is 2. The minimum absolute atomic E-state index is 0.105. The summed E-state index contributed by atoms with van der Waals surface area (Å²) < 4.78 is 0. The van der Waals surface area contributed by atoms with Crippen LogP contribution in [-0.2, 0) is 4.79 Å². The zero-order valence-electron chi connectivity index (χ0n) is 7.99. The zero-order valence-corrected chi connectivity index (χ0v) is 7.99. The van der Waals surface area contributed by atoms with Gasteiger partial charge in [-0.15, -0.1) is 6.42 Å². The SMILES string of the molecule is C#CCN(C)C(=O)C1CCC(N)C1. The predicted octanol–water partition coefficient (Wildman–Crippen LogP) is 0.205. The first-order valence-electron chi connectivity index (χ1n) is 4.59. The summed E-state index contributed by atoms with van der Waals surface area (Å²) in [6.45, 7) is 0.393. The maximum atomic E-state index is 11.7. The van der Waals surface area contributed by atoms with Crippen LogP contribution in [0.3, 0.4) is 0 Å². The summed E-state index contributed by atoms with van der Waals surface area (Å²) in [5.74, 6) is 2.71. The quantitative estimate of drug-likeness (QED) is 0.617. The average Bonchev–Trinajstić information content (AvgIpc) is 2.51. The van der Waals surface area contributed by atoms with Crippen molar-refractivity contribution in [1.29, 1.82) is 0 Å². The Kier molecular flexibility index (Phi) is 3.32. The maximum Gasteiger partial charge on any atom is 0.226 e. The van der Waals surface area contributed by atoms with Gasteiger partial charge in [-0.25, -0.2) is 0 Å². The summed E-state index contributed by atoms with van der Waals surface area (Å²) in [6.07, 6.45) is 7.81. The topological polar surface area (TPSA) is 46.3 Å². The lowest BCUT2D eigenvalue weighted by Gasteiger charge is -2.18. The van der Waals surface area contributed by atoms with Gasteiger partial charge in [-0.05, 0) is 19.3 Å². The van der Waals surface area contributed by atoms with Gasteiger partial charge in [0.05, 0.1) is 6.54 Å². The molecule has 0 spiro atoms. The molecule has 0 aromatic rings. The van der Waals surface area contributed by atoms with Crippen molar-refractivity contribution in [3.63, 3.8) is 0 Å². The van der Waals surface area contributed by atoms with Crippen molar-refractivity contribution in [3.05, 3.63) is 0 Å². The molecule has 1 aliphatic carbocycles. The first kappa shape index (κ1) is 10.1. The zero-order chi connectivity index (χ0) is 9.84. The molecule has 1 rings (SSSR count). The second-order valence-electron chi connectivity index (χ2n) is 3.67. The van der Waals surface area contributed by atoms with E-state index < -0.39 is 0 Å². The molecule has 2 unspecified atom stereocenters. The standard InChI is InChI=1S/C10H16N2O/c1-3-6-12(2)10(13)8-4-5-9(11)7-8/h1,8-9H,4-7,11H2,2H3. The van der Waals surface area contributed by atoms with E-state index in [-0.39, 0.29) is 17.9 Å². The molecular formula is C10H16N2O. The van der Waals surface area contributed by atoms with E-state index in [9.17, 15) is 4.79 Å². The Morgan fingerprint density at radius 2 is 2.38 bits per heavy atom. The third-order valence-electron chi connectivity index (χ3n) is 2.53. The maximum absolute atomic E-state index is 11.7. The van der Waals surface area contributed by atoms with E-state index >= 15 is 0 Å². The Hall–Kier alpha value is -1.01. The third kappa shape index (κ3) is 2.46. The highest BCUT2D eigenvalue weighted by atomic mass is 16.2. The number of amides is 1. The molecule has 72 valence electrons. The molecule has 0 aromatic heterocycles. The van der Waals surface area contributed by atoms with Crippen LogP contribution in [0.1, 0.15) is 19.3 Å². The molecule has 0 aliphatic heterocycles. The summed E-state index contributed by atoms with van der Waals surface area (Å²) in [5, 5.41) is 0. The molecule has 2 N–H and O–H groups in total. The number of carbonyl (C=O) groups is 1. The molecule has 1 saturated carbocycles. The molecule has 0 bridgehead atoms. The molecule has 3 nitrogen and oxygen atoms in total. The highest BCUT2D eigenvalue weighted by Gasteiger charge is 2.29. The summed E-state index contributed by atoms with van der Waals surface area (Å²) in [5.41, 5.74) is 5.73. The molecule has 2 atom stereocenters. The second kappa shape index (κ2) is 4.29. The number of hydrogen-bond acceptors (Lipinski definition) is 2. The molecule has 0 aromatic carbocycles. The Balaban J connectivity index is 2.44. The average molecular weight is 180 g/mol. The van der Waals surface area contributed by atoms with E-state index in [0.717, 1.165) is 19.3 Å². The molecule has 0 heterocycles. The van der Waals surface area contributed by atoms with Crippen LogP contribution < -0.4 is 5.73 Å². The third-order valence-corrected chi connectivity index (χ3v) is 2.53. The summed E-state index contributed by atoms with van der Waals surface area (Å²) in [4.78, 5) is 13.3. The van der Waals surface area contributed by atoms with Gasteiger partial charge in [0.2, 0.25) is 5.91 Å². The van der Waals surface area contributed by atoms with Crippen LogP contribution in [-0.4, -0.2) is 30.4 Å². The molecule has 1 fully saturated rings. The molecule has 1 amide bonds. The van der Waals surface area contributed by atoms with Crippen LogP contribution in [0.4, 0.5) is 0 Å². The van der Waals surface area contributed by atoms with Gasteiger partial charge >= 0.3 is 0 Å². The van der Waals surface area contributed by atoms with E-state index in [1.54, 1.807) is 11.9 Å². The number of terminal acetylenes is 1. The van der Waals surface area contributed by atoms with Gasteiger partial charge in [0, 0.05) is 19.0 Å². The Morgan fingerprint density at radius 1 is 1.69 bits per heavy atom. The van der Waals surface area contributed by atoms with E-state index in [0.29, 0.717) is 6.54 Å². The van der Waals surface area contributed by atoms with Crippen LogP contribution in [0.25, 0.3) is 0 Å². The van der Waals surface area contributed by atoms with E-state index in [2.05, 4.69) is 5.92 Å². The van der Waals surface area contributed by atoms with Gasteiger partial charge in [0.1, 0.15) is 0 Å². The number of nitrogens with zero attached hydrogens (tertiary/aromatic N) is 1. The molecule has 3 heteroatoms. The Labute approximate surface area is 79.3 Å². The molecular weight excluding hydrogens is 164 g/mol. The Morgan fingerprint density at radius 3 is 2.85 bits per heavy atom. The first-order chi connectivity index (χ1) is 6.15. The summed E-state index contributed by atoms with van der Waals surface area (Å²) in [7, 11) is 1.74. The van der Waals surface area contributed by atoms with Crippen molar-refractivity contribution in [1.82, 2.24) is 4.90 Å². The van der Waals surface area contributed by atoms with Gasteiger partial charge < -0.3 is 10.6 Å². The van der Waals surface area contributed by atoms with E-state index in [4.69, 9.17) is 12.2 Å². The normalized spacial score (nSPS) is 26.8. The number of hydrogen-bond donors (Lipinski definition) is 1. The van der Waals surface area contributed by atoms with Crippen LogP contribution in [0.15, 0.2) is 0 Å². The van der Waals surface area contributed by atoms with Crippen LogP contribution in [0.2, 0.25) is 0 Å². The first-order valence-corrected chi connectivity index (χ1v) is 4.59. The second-order valence-corrected chi connectivity index (χ2v) is 3.67. The van der Waals surface area contributed by atoms with Gasteiger partial charge in [-0.2, -0.15) is 0 Å². The highest BCUT2D eigenvalue weighted by Crippen LogP contribution is 2.25. The fourth-order valence-electron chi connectivity index (χ4n) is 1.77. The fraction of sp³-hybridized carbons (Fsp3) is 0.700. The molecule has 0 radical (unpaired) electrons. The fourth-order valence-corrected chi connectivity index (χ4v) is 1.77. The van der Waals surface area contributed by atoms with Gasteiger partial charge in [-0.3, -0.25) is 4.79 Å². The van der Waals surface area contributed by atoms with E-state index in [1.165, 1.54) is 0 Å². The van der Waals surface area contributed by atoms with Gasteiger partial charge in [-0.1, -0.05) is 5.92 Å². The smallest absolute Gasteiger partial charge is 0.226 e. The lowest BCUT2D eigenvalue weighted by atomic mass is 10.1. The summed E-state index contributed by atoms with van der Waals surface area (Å²) in [6, 6.07) is 0.202. The van der Waals surface area contributed by atoms with Crippen LogP contribution in [0.5, 0.6) is 0 Å². The molecule has 0 saturated heterocycles. The van der Waals surface area contributed by atoms with Gasteiger partial charge in [0.25, 0.3) is 0 Å². The minimum atomic E-state index is 0.105. The van der Waals surface area contributed by atoms with Crippen molar-refractivity contribution in [2.75, 3.05) is 13.6 Å². The van der Waals surface area contributed by atoms with Crippen molar-refractivity contribution < 1.29 is 4.79 Å². The largest absolute Gasteiger partial charge is 0.334 e. The molecule has 13 heavy (non-hydrogen) atoms. The minimum Gasteiger partial charge on any atom is -0.334 e. The Bertz CT molecular complexity index is 232. The van der Waals surface area contributed by atoms with Gasteiger partial charge in [0.15, 0.2) is 0 Å². The molecule has 1 aliphatic rings. The van der Waals surface area contributed by atoms with Crippen molar-refractivity contribution in [2.45, 2.75) is 25.3 Å². The monoisotopic (exact) mass is 180 g/mol. The predicted molar refractivity (Wildman–Crippen MR) is 51.8 cm³/mol. The van der Waals surface area contributed by atoms with Crippen molar-refractivity contribution >= 4 is 5.91 Å². The lowest BCUT2D eigenvalue weighted by Crippen LogP contribution is -2.32. The van der Waals surface area contributed by atoms with Crippen molar-refractivity contribution in [2.24, 2.45) is 11.7 Å². The number of carbonyl (C=O) groups excluding carboxylic acids is 1. The summed E-state index contributed by atoms with van der Waals surface area (Å²) >= 11 is 0.